The molecular weight excluding hydrogens is 440 g/mol. The molecule has 0 fully saturated rings. The van der Waals surface area contributed by atoms with Gasteiger partial charge in [-0.2, -0.15) is 0 Å². The average molecular weight is 475 g/mol. The molecule has 0 aromatic rings. The second-order valence-corrected chi connectivity index (χ2v) is 7.59. The molecule has 0 bridgehead atoms. The van der Waals surface area contributed by atoms with Gasteiger partial charge < -0.3 is 49.1 Å². The average Bonchev–Trinajstić information content (AvgIpc) is 2.71. The first-order valence-corrected chi connectivity index (χ1v) is 10.1. The monoisotopic (exact) mass is 474 g/mol. The molecule has 4 amide bonds. The number of aliphatic hydroxyl groups excluding tert-OH is 1. The molecule has 15 heteroatoms. The van der Waals surface area contributed by atoms with Crippen molar-refractivity contribution < 1.29 is 34.2 Å². The molecule has 15 nitrogen and oxygen atoms in total. The van der Waals surface area contributed by atoms with Crippen LogP contribution in [0.15, 0.2) is 4.99 Å². The van der Waals surface area contributed by atoms with Gasteiger partial charge in [-0.15, -0.1) is 0 Å². The van der Waals surface area contributed by atoms with Crippen molar-refractivity contribution in [3.8, 4) is 0 Å². The number of aliphatic carboxylic acids is 1. The Kier molecular flexibility index (Phi) is 13.0. The van der Waals surface area contributed by atoms with Crippen LogP contribution in [0, 0.1) is 5.92 Å². The largest absolute Gasteiger partial charge is 0.480 e. The number of guanidine groups is 1. The molecule has 188 valence electrons. The van der Waals surface area contributed by atoms with Gasteiger partial charge in [-0.1, -0.05) is 13.8 Å². The van der Waals surface area contributed by atoms with E-state index in [1.165, 1.54) is 0 Å². The van der Waals surface area contributed by atoms with Crippen molar-refractivity contribution in [3.05, 3.63) is 0 Å². The third kappa shape index (κ3) is 11.6. The summed E-state index contributed by atoms with van der Waals surface area (Å²) in [5.41, 5.74) is 21.2. The minimum absolute atomic E-state index is 0.0304. The summed E-state index contributed by atoms with van der Waals surface area (Å²) in [6.07, 6.45) is -0.393. The number of carbonyl (C=O) groups is 5. The van der Waals surface area contributed by atoms with Crippen molar-refractivity contribution in [2.24, 2.45) is 33.8 Å². The summed E-state index contributed by atoms with van der Waals surface area (Å²) < 4.78 is 0. The van der Waals surface area contributed by atoms with E-state index in [9.17, 15) is 34.2 Å². The quantitative estimate of drug-likeness (QED) is 0.0622. The van der Waals surface area contributed by atoms with Crippen molar-refractivity contribution in [2.45, 2.75) is 57.3 Å². The van der Waals surface area contributed by atoms with E-state index in [1.54, 1.807) is 13.8 Å². The van der Waals surface area contributed by atoms with Crippen LogP contribution in [0.2, 0.25) is 0 Å². The molecule has 0 rings (SSSR count). The Bertz CT molecular complexity index is 739. The minimum Gasteiger partial charge on any atom is -0.480 e. The van der Waals surface area contributed by atoms with Crippen molar-refractivity contribution in [3.63, 3.8) is 0 Å². The number of nitrogens with two attached hydrogens (primary N) is 4. The highest BCUT2D eigenvalue weighted by atomic mass is 16.4. The number of aliphatic imine (C=N–C) groups is 1. The van der Waals surface area contributed by atoms with Gasteiger partial charge in [0.15, 0.2) is 5.96 Å². The molecule has 13 N–H and O–H groups in total. The molecule has 0 saturated heterocycles. The van der Waals surface area contributed by atoms with Gasteiger partial charge in [-0.05, 0) is 18.8 Å². The zero-order valence-corrected chi connectivity index (χ0v) is 18.6. The normalized spacial score (nSPS) is 14.3. The molecule has 0 radical (unpaired) electrons. The fourth-order valence-electron chi connectivity index (χ4n) is 2.48. The number of nitrogens with one attached hydrogen (secondary N) is 3. The molecule has 0 aromatic heterocycles. The molecule has 0 heterocycles. The lowest BCUT2D eigenvalue weighted by Crippen LogP contribution is -2.59. The minimum atomic E-state index is -1.57. The van der Waals surface area contributed by atoms with E-state index in [0.29, 0.717) is 0 Å². The number of hydrogen-bond donors (Lipinski definition) is 9. The van der Waals surface area contributed by atoms with E-state index < -0.39 is 66.8 Å². The SMILES string of the molecule is CC(C)C(N)C(=O)NC(CC(N)=O)C(=O)NC(CO)C(=O)NC(CCCN=C(N)N)C(=O)O. The lowest BCUT2D eigenvalue weighted by molar-refractivity contribution is -0.143. The lowest BCUT2D eigenvalue weighted by atomic mass is 10.0. The first-order chi connectivity index (χ1) is 15.3. The fourth-order valence-corrected chi connectivity index (χ4v) is 2.48. The highest BCUT2D eigenvalue weighted by Gasteiger charge is 2.31. The molecule has 33 heavy (non-hydrogen) atoms. The summed E-state index contributed by atoms with van der Waals surface area (Å²) in [5, 5.41) is 25.4. The fraction of sp³-hybridized carbons (Fsp3) is 0.667. The summed E-state index contributed by atoms with van der Waals surface area (Å²) in [6.45, 7) is 2.60. The maximum Gasteiger partial charge on any atom is 0.326 e. The number of amides is 4. The van der Waals surface area contributed by atoms with E-state index in [4.69, 9.17) is 22.9 Å². The second-order valence-electron chi connectivity index (χ2n) is 7.59. The maximum atomic E-state index is 12.6. The topological polar surface area (TPSA) is 278 Å². The molecular formula is C18H34N8O7. The molecule has 0 aromatic carbocycles. The molecule has 0 aliphatic carbocycles. The van der Waals surface area contributed by atoms with Gasteiger partial charge in [-0.25, -0.2) is 4.79 Å². The van der Waals surface area contributed by atoms with E-state index in [2.05, 4.69) is 20.9 Å². The standard InChI is InChI=1S/C18H34N8O7/c1-8(2)13(20)16(31)25-10(6-12(19)28)14(29)26-11(7-27)15(30)24-9(17(32)33)4-3-5-23-18(21)22/h8-11,13,27H,3-7,20H2,1-2H3,(H2,19,28)(H,24,30)(H,25,31)(H,26,29)(H,32,33)(H4,21,22,23). The van der Waals surface area contributed by atoms with Gasteiger partial charge >= 0.3 is 5.97 Å². The lowest BCUT2D eigenvalue weighted by Gasteiger charge is -2.24. The van der Waals surface area contributed by atoms with Crippen LogP contribution in [0.5, 0.6) is 0 Å². The maximum absolute atomic E-state index is 12.6. The number of aliphatic hydroxyl groups is 1. The van der Waals surface area contributed by atoms with Crippen molar-refractivity contribution in [1.82, 2.24) is 16.0 Å². The third-order valence-corrected chi connectivity index (χ3v) is 4.43. The Hall–Kier alpha value is -3.46. The van der Waals surface area contributed by atoms with E-state index in [0.717, 1.165) is 0 Å². The molecule has 4 atom stereocenters. The Morgan fingerprint density at radius 3 is 1.85 bits per heavy atom. The zero-order valence-electron chi connectivity index (χ0n) is 18.6. The Labute approximate surface area is 190 Å². The summed E-state index contributed by atoms with van der Waals surface area (Å²) in [5.74, 6) is -5.40. The molecule has 0 spiro atoms. The van der Waals surface area contributed by atoms with Gasteiger partial charge in [0.1, 0.15) is 18.1 Å². The summed E-state index contributed by atoms with van der Waals surface area (Å²) >= 11 is 0. The number of carboxylic acid groups (broad SMARTS) is 1. The highest BCUT2D eigenvalue weighted by molar-refractivity contribution is 5.96. The van der Waals surface area contributed by atoms with Crippen LogP contribution >= 0.6 is 0 Å². The molecule has 4 unspecified atom stereocenters. The van der Waals surface area contributed by atoms with E-state index >= 15 is 0 Å². The predicted molar refractivity (Wildman–Crippen MR) is 117 cm³/mol. The number of nitrogens with zero attached hydrogens (tertiary/aromatic N) is 1. The number of carboxylic acids is 1. The Morgan fingerprint density at radius 2 is 1.39 bits per heavy atom. The summed E-state index contributed by atoms with van der Waals surface area (Å²) in [6, 6.07) is -5.34. The summed E-state index contributed by atoms with van der Waals surface area (Å²) in [7, 11) is 0. The number of carbonyl (C=O) groups excluding carboxylic acids is 4. The van der Waals surface area contributed by atoms with Gasteiger partial charge in [0.2, 0.25) is 23.6 Å². The first kappa shape index (κ1) is 29.5. The van der Waals surface area contributed by atoms with Crippen LogP contribution in [0.25, 0.3) is 0 Å². The smallest absolute Gasteiger partial charge is 0.326 e. The molecule has 0 aliphatic rings. The van der Waals surface area contributed by atoms with Gasteiger partial charge in [0.05, 0.1) is 19.1 Å². The van der Waals surface area contributed by atoms with Crippen molar-refractivity contribution >= 4 is 35.6 Å². The van der Waals surface area contributed by atoms with Crippen LogP contribution < -0.4 is 38.9 Å². The molecule has 0 saturated carbocycles. The van der Waals surface area contributed by atoms with Crippen LogP contribution in [-0.2, 0) is 24.0 Å². The zero-order chi connectivity index (χ0) is 25.7. The van der Waals surface area contributed by atoms with Crippen molar-refractivity contribution in [1.29, 1.82) is 0 Å². The first-order valence-electron chi connectivity index (χ1n) is 10.1. The third-order valence-electron chi connectivity index (χ3n) is 4.43. The van der Waals surface area contributed by atoms with Crippen LogP contribution in [0.1, 0.15) is 33.1 Å². The summed E-state index contributed by atoms with van der Waals surface area (Å²) in [4.78, 5) is 63.6. The van der Waals surface area contributed by atoms with Crippen LogP contribution in [-0.4, -0.2) is 83.1 Å². The van der Waals surface area contributed by atoms with E-state index in [-0.39, 0.29) is 31.3 Å². The van der Waals surface area contributed by atoms with Gasteiger partial charge in [0.25, 0.3) is 0 Å². The predicted octanol–water partition coefficient (Wildman–Crippen LogP) is -4.57. The van der Waals surface area contributed by atoms with Crippen LogP contribution in [0.4, 0.5) is 0 Å². The van der Waals surface area contributed by atoms with E-state index in [1.807, 2.05) is 0 Å². The number of primary amides is 1. The Balaban J connectivity index is 5.21. The molecule has 0 aliphatic heterocycles. The van der Waals surface area contributed by atoms with Crippen LogP contribution in [0.3, 0.4) is 0 Å². The highest BCUT2D eigenvalue weighted by Crippen LogP contribution is 2.03. The number of hydrogen-bond acceptors (Lipinski definition) is 8. The van der Waals surface area contributed by atoms with Crippen molar-refractivity contribution in [2.75, 3.05) is 13.2 Å². The van der Waals surface area contributed by atoms with Gasteiger partial charge in [-0.3, -0.25) is 24.2 Å². The number of rotatable bonds is 15. The second kappa shape index (κ2) is 14.6. The van der Waals surface area contributed by atoms with Gasteiger partial charge in [0, 0.05) is 6.54 Å². The Morgan fingerprint density at radius 1 is 0.879 bits per heavy atom.